The van der Waals surface area contributed by atoms with Crippen LogP contribution in [0.2, 0.25) is 5.02 Å². The van der Waals surface area contributed by atoms with Gasteiger partial charge in [-0.05, 0) is 160 Å². The lowest BCUT2D eigenvalue weighted by Gasteiger charge is -2.49. The van der Waals surface area contributed by atoms with Crippen LogP contribution in [0.5, 0.6) is 0 Å². The summed E-state index contributed by atoms with van der Waals surface area (Å²) in [6, 6.07) is 11.4. The second kappa shape index (κ2) is 17.8. The fourth-order valence-corrected chi connectivity index (χ4v) is 9.82. The van der Waals surface area contributed by atoms with Gasteiger partial charge >= 0.3 is 6.18 Å². The molecule has 0 aliphatic heterocycles. The molecule has 0 bridgehead atoms. The maximum atomic E-state index is 15.4. The molecule has 1 spiro atoms. The standard InChI is InChI=1S/C44H56ClF4N.CH4/c1-5-13-32(39-20-11-8-15-31(39)4)16-9-10-17-36-27-34-29-41(46)33(14-6-2)28-40(34)42(36)23-25-43(26-24-42,35(7-3)21-22-44(47,48)49)50-38-19-12-18-37(45)30-38;/h5,12-13,18-19,22,28-31,36,50H,6-11,14-17,20,23-27H2,1-4H3;1H4/b13-5-,39-32+;. The molecule has 51 heavy (non-hydrogen) atoms. The lowest BCUT2D eigenvalue weighted by atomic mass is 9.58. The van der Waals surface area contributed by atoms with Gasteiger partial charge in [0.25, 0.3) is 0 Å². The third kappa shape index (κ3) is 9.63. The van der Waals surface area contributed by atoms with Crippen LogP contribution in [0.25, 0.3) is 0 Å². The van der Waals surface area contributed by atoms with E-state index < -0.39 is 11.7 Å². The summed E-state index contributed by atoms with van der Waals surface area (Å²) in [5, 5.41) is 4.25. The van der Waals surface area contributed by atoms with Crippen molar-refractivity contribution >= 4 is 17.3 Å². The third-order valence-electron chi connectivity index (χ3n) is 12.1. The topological polar surface area (TPSA) is 12.0 Å². The fourth-order valence-electron chi connectivity index (χ4n) is 9.63. The first kappa shape index (κ1) is 41.0. The summed E-state index contributed by atoms with van der Waals surface area (Å²) in [7, 11) is 0. The molecule has 3 aliphatic rings. The smallest absolute Gasteiger partial charge is 0.375 e. The van der Waals surface area contributed by atoms with Crippen LogP contribution in [0.3, 0.4) is 0 Å². The fraction of sp³-hybridized carbons (Fsp3) is 0.578. The number of benzene rings is 2. The van der Waals surface area contributed by atoms with Crippen LogP contribution >= 0.6 is 11.6 Å². The summed E-state index contributed by atoms with van der Waals surface area (Å²) < 4.78 is 55.8. The molecular weight excluding hydrogens is 666 g/mol. The third-order valence-corrected chi connectivity index (χ3v) is 12.3. The largest absolute Gasteiger partial charge is 0.416 e. The van der Waals surface area contributed by atoms with Crippen LogP contribution in [0.1, 0.15) is 142 Å². The summed E-state index contributed by atoms with van der Waals surface area (Å²) in [5.74, 6) is 0.918. The zero-order chi connectivity index (χ0) is 35.9. The van der Waals surface area contributed by atoms with Crippen molar-refractivity contribution in [1.82, 2.24) is 0 Å². The number of allylic oxidation sites excluding steroid dienone is 4. The highest BCUT2D eigenvalue weighted by Crippen LogP contribution is 2.57. The number of aryl methyl sites for hydroxylation is 1. The molecule has 3 aliphatic carbocycles. The predicted octanol–water partition coefficient (Wildman–Crippen LogP) is 14.6. The van der Waals surface area contributed by atoms with Gasteiger partial charge in [-0.1, -0.05) is 88.9 Å². The SMILES string of the molecule is C.C/C=C\C(CCCCC1Cc2cc(F)c(CCC)cc2C12CCC(Nc1cccc(Cl)c1)(C(=C=CC(F)(F)F)CC)CC2)=C1\CCCCC1C. The maximum Gasteiger partial charge on any atom is 0.416 e. The summed E-state index contributed by atoms with van der Waals surface area (Å²) in [6.45, 7) is 8.49. The van der Waals surface area contributed by atoms with Crippen molar-refractivity contribution in [1.29, 1.82) is 0 Å². The highest BCUT2D eigenvalue weighted by Gasteiger charge is 2.52. The molecule has 6 heteroatoms. The number of alkyl halides is 3. The van der Waals surface area contributed by atoms with Crippen molar-refractivity contribution in [3.8, 4) is 0 Å². The second-order valence-electron chi connectivity index (χ2n) is 15.2. The first-order valence-electron chi connectivity index (χ1n) is 19.2. The predicted molar refractivity (Wildman–Crippen MR) is 208 cm³/mol. The van der Waals surface area contributed by atoms with E-state index in [0.717, 1.165) is 68.2 Å². The highest BCUT2D eigenvalue weighted by atomic mass is 35.5. The normalized spacial score (nSPS) is 25.7. The minimum Gasteiger partial charge on any atom is -0.375 e. The zero-order valence-electron chi connectivity index (χ0n) is 30.6. The molecule has 0 radical (unpaired) electrons. The lowest BCUT2D eigenvalue weighted by Crippen LogP contribution is -2.49. The van der Waals surface area contributed by atoms with Crippen molar-refractivity contribution < 1.29 is 17.6 Å². The summed E-state index contributed by atoms with van der Waals surface area (Å²) in [4.78, 5) is 0. The molecule has 2 aromatic rings. The molecule has 0 saturated heterocycles. The van der Waals surface area contributed by atoms with E-state index in [4.69, 9.17) is 11.6 Å². The number of anilines is 1. The second-order valence-corrected chi connectivity index (χ2v) is 15.7. The highest BCUT2D eigenvalue weighted by molar-refractivity contribution is 6.30. The van der Waals surface area contributed by atoms with Gasteiger partial charge in [-0.2, -0.15) is 13.2 Å². The van der Waals surface area contributed by atoms with Crippen molar-refractivity contribution in [2.75, 3.05) is 5.32 Å². The van der Waals surface area contributed by atoms with Gasteiger partial charge in [0.05, 0.1) is 11.6 Å². The molecule has 280 valence electrons. The number of nitrogens with one attached hydrogen (secondary N) is 1. The minimum atomic E-state index is -4.44. The Kier molecular flexibility index (Phi) is 14.4. The van der Waals surface area contributed by atoms with Gasteiger partial charge in [0, 0.05) is 10.7 Å². The quantitative estimate of drug-likeness (QED) is 0.130. The Labute approximate surface area is 310 Å². The van der Waals surface area contributed by atoms with Gasteiger partial charge in [-0.3, -0.25) is 0 Å². The van der Waals surface area contributed by atoms with Crippen LogP contribution in [0.15, 0.2) is 77.1 Å². The summed E-state index contributed by atoms with van der Waals surface area (Å²) in [5.41, 5.74) is 9.65. The van der Waals surface area contributed by atoms with Gasteiger partial charge in [0.15, 0.2) is 0 Å². The molecule has 0 heterocycles. The number of hydrogen-bond acceptors (Lipinski definition) is 1. The Morgan fingerprint density at radius 3 is 2.47 bits per heavy atom. The summed E-state index contributed by atoms with van der Waals surface area (Å²) >= 11 is 6.36. The van der Waals surface area contributed by atoms with Crippen LogP contribution in [-0.4, -0.2) is 11.7 Å². The maximum absolute atomic E-state index is 15.4. The zero-order valence-corrected chi connectivity index (χ0v) is 31.3. The van der Waals surface area contributed by atoms with E-state index in [2.05, 4.69) is 50.0 Å². The van der Waals surface area contributed by atoms with Gasteiger partial charge in [0.1, 0.15) is 5.82 Å². The van der Waals surface area contributed by atoms with E-state index in [9.17, 15) is 13.2 Å². The van der Waals surface area contributed by atoms with Crippen molar-refractivity contribution in [3.63, 3.8) is 0 Å². The monoisotopic (exact) mass is 725 g/mol. The van der Waals surface area contributed by atoms with Gasteiger partial charge < -0.3 is 5.32 Å². The van der Waals surface area contributed by atoms with Crippen molar-refractivity contribution in [2.24, 2.45) is 11.8 Å². The van der Waals surface area contributed by atoms with Crippen molar-refractivity contribution in [2.45, 2.75) is 155 Å². The van der Waals surface area contributed by atoms with E-state index in [0.29, 0.717) is 48.1 Å². The molecule has 1 N–H and O–H groups in total. The Hall–Kier alpha value is -2.75. The molecule has 2 unspecified atom stereocenters. The number of rotatable bonds is 12. The molecule has 0 amide bonds. The molecule has 2 atom stereocenters. The molecule has 2 saturated carbocycles. The average Bonchev–Trinajstić information content (AvgIpc) is 3.35. The molecular formula is C45H60ClF4N. The lowest BCUT2D eigenvalue weighted by molar-refractivity contribution is -0.0797. The number of hydrogen-bond donors (Lipinski definition) is 1. The molecule has 2 fully saturated rings. The van der Waals surface area contributed by atoms with Gasteiger partial charge in [-0.25, -0.2) is 4.39 Å². The van der Waals surface area contributed by atoms with E-state index in [1.54, 1.807) is 17.7 Å². The molecule has 5 rings (SSSR count). The van der Waals surface area contributed by atoms with E-state index in [1.165, 1.54) is 36.8 Å². The molecule has 0 aromatic heterocycles. The Morgan fingerprint density at radius 1 is 1.06 bits per heavy atom. The van der Waals surface area contributed by atoms with Crippen LogP contribution in [0, 0.1) is 17.7 Å². The van der Waals surface area contributed by atoms with E-state index in [-0.39, 0.29) is 24.7 Å². The summed E-state index contributed by atoms with van der Waals surface area (Å²) in [6.07, 6.45) is 15.7. The van der Waals surface area contributed by atoms with E-state index in [1.807, 2.05) is 25.1 Å². The molecule has 1 nitrogen and oxygen atoms in total. The number of unbranched alkanes of at least 4 members (excludes halogenated alkanes) is 1. The number of halogens is 5. The van der Waals surface area contributed by atoms with Crippen LogP contribution in [-0.2, 0) is 18.3 Å². The first-order valence-corrected chi connectivity index (χ1v) is 19.6. The van der Waals surface area contributed by atoms with Crippen LogP contribution < -0.4 is 5.32 Å². The Bertz CT molecular complexity index is 1600. The van der Waals surface area contributed by atoms with Gasteiger partial charge in [0.2, 0.25) is 0 Å². The van der Waals surface area contributed by atoms with Crippen LogP contribution in [0.4, 0.5) is 23.2 Å². The Balaban J connectivity index is 0.00000583. The average molecular weight is 726 g/mol. The Morgan fingerprint density at radius 2 is 1.82 bits per heavy atom. The molecule has 2 aromatic carbocycles. The first-order chi connectivity index (χ1) is 23.9. The van der Waals surface area contributed by atoms with Crippen molar-refractivity contribution in [3.05, 3.63) is 105 Å². The minimum absolute atomic E-state index is 0. The number of fused-ring (bicyclic) bond motifs is 2. The van der Waals surface area contributed by atoms with E-state index >= 15 is 4.39 Å². The van der Waals surface area contributed by atoms with Gasteiger partial charge in [-0.15, -0.1) is 5.73 Å².